The quantitative estimate of drug-likeness (QED) is 0.747. The summed E-state index contributed by atoms with van der Waals surface area (Å²) in [6.45, 7) is 5.16. The second kappa shape index (κ2) is 8.02. The highest BCUT2D eigenvalue weighted by Gasteiger charge is 2.32. The van der Waals surface area contributed by atoms with Crippen LogP contribution in [0.3, 0.4) is 0 Å². The van der Waals surface area contributed by atoms with Gasteiger partial charge in [-0.2, -0.15) is 0 Å². The summed E-state index contributed by atoms with van der Waals surface area (Å²) in [7, 11) is 1.40. The minimum atomic E-state index is -1.16. The van der Waals surface area contributed by atoms with Crippen molar-refractivity contribution in [2.75, 3.05) is 7.05 Å². The van der Waals surface area contributed by atoms with Crippen LogP contribution in [0.15, 0.2) is 22.6 Å². The summed E-state index contributed by atoms with van der Waals surface area (Å²) in [5.74, 6) is 0.0368. The summed E-state index contributed by atoms with van der Waals surface area (Å²) in [6, 6.07) is 3.88. The standard InChI is InChI=1S/C20H24ClN3O5/c1-20(2,3)29-19(27)24(4)15(18(25)26)10-12-9-13(21)7-8-14(12)17-23-22-16(28-17)11-5-6-11/h7-9,11,15H,5-6,10H2,1-4H3,(H,25,26)/t15-/m0/s1. The Morgan fingerprint density at radius 1 is 1.34 bits per heavy atom. The molecule has 1 aliphatic carbocycles. The largest absolute Gasteiger partial charge is 0.480 e. The number of likely N-dealkylation sites (N-methyl/N-ethyl adjacent to an activating group) is 1. The van der Waals surface area contributed by atoms with Crippen LogP contribution in [0, 0.1) is 0 Å². The topological polar surface area (TPSA) is 106 Å². The third kappa shape index (κ3) is 5.26. The fourth-order valence-corrected chi connectivity index (χ4v) is 3.03. The van der Waals surface area contributed by atoms with Crippen molar-refractivity contribution in [1.82, 2.24) is 15.1 Å². The number of rotatable bonds is 6. The summed E-state index contributed by atoms with van der Waals surface area (Å²) in [5, 5.41) is 18.4. The summed E-state index contributed by atoms with van der Waals surface area (Å²) in [6.07, 6.45) is 1.33. The Balaban J connectivity index is 1.88. The van der Waals surface area contributed by atoms with Crippen molar-refractivity contribution in [2.45, 2.75) is 57.6 Å². The highest BCUT2D eigenvalue weighted by Crippen LogP contribution is 2.40. The van der Waals surface area contributed by atoms with Crippen LogP contribution in [0.1, 0.15) is 51.0 Å². The van der Waals surface area contributed by atoms with Crippen molar-refractivity contribution in [3.05, 3.63) is 34.7 Å². The van der Waals surface area contributed by atoms with E-state index < -0.39 is 23.7 Å². The van der Waals surface area contributed by atoms with Crippen molar-refractivity contribution in [2.24, 2.45) is 0 Å². The number of carboxylic acids is 1. The van der Waals surface area contributed by atoms with Crippen molar-refractivity contribution in [3.8, 4) is 11.5 Å². The molecule has 0 bridgehead atoms. The Morgan fingerprint density at radius 2 is 2.03 bits per heavy atom. The first-order valence-electron chi connectivity index (χ1n) is 9.36. The van der Waals surface area contributed by atoms with Gasteiger partial charge in [0.1, 0.15) is 11.6 Å². The molecule has 0 unspecified atom stereocenters. The lowest BCUT2D eigenvalue weighted by molar-refractivity contribution is -0.142. The van der Waals surface area contributed by atoms with Gasteiger partial charge in [-0.15, -0.1) is 10.2 Å². The molecule has 1 atom stereocenters. The Labute approximate surface area is 173 Å². The van der Waals surface area contributed by atoms with E-state index in [2.05, 4.69) is 10.2 Å². The van der Waals surface area contributed by atoms with E-state index in [4.69, 9.17) is 20.8 Å². The van der Waals surface area contributed by atoms with E-state index in [9.17, 15) is 14.7 Å². The van der Waals surface area contributed by atoms with Crippen LogP contribution in [0.25, 0.3) is 11.5 Å². The normalized spacial score (nSPS) is 15.1. The maximum atomic E-state index is 12.4. The predicted molar refractivity (Wildman–Crippen MR) is 106 cm³/mol. The van der Waals surface area contributed by atoms with Crippen LogP contribution in [0.4, 0.5) is 4.79 Å². The van der Waals surface area contributed by atoms with Crippen LogP contribution in [-0.2, 0) is 16.0 Å². The first-order valence-corrected chi connectivity index (χ1v) is 9.74. The summed E-state index contributed by atoms with van der Waals surface area (Å²) in [4.78, 5) is 25.4. The summed E-state index contributed by atoms with van der Waals surface area (Å²) >= 11 is 6.14. The van der Waals surface area contributed by atoms with Crippen LogP contribution < -0.4 is 0 Å². The van der Waals surface area contributed by atoms with E-state index in [0.29, 0.717) is 33.8 Å². The Hall–Kier alpha value is -2.61. The number of aliphatic carboxylic acids is 1. The van der Waals surface area contributed by atoms with Gasteiger partial charge >= 0.3 is 12.1 Å². The average Bonchev–Trinajstić information content (AvgIpc) is 3.35. The number of ether oxygens (including phenoxy) is 1. The molecule has 3 rings (SSSR count). The van der Waals surface area contributed by atoms with Gasteiger partial charge in [-0.1, -0.05) is 11.6 Å². The van der Waals surface area contributed by atoms with Crippen LogP contribution in [0.2, 0.25) is 5.02 Å². The predicted octanol–water partition coefficient (Wildman–Crippen LogP) is 4.13. The third-order valence-corrected chi connectivity index (χ3v) is 4.75. The first-order chi connectivity index (χ1) is 13.5. The van der Waals surface area contributed by atoms with Gasteiger partial charge in [0.2, 0.25) is 11.8 Å². The number of carbonyl (C=O) groups excluding carboxylic acids is 1. The number of benzene rings is 1. The minimum Gasteiger partial charge on any atom is -0.480 e. The maximum Gasteiger partial charge on any atom is 0.410 e. The zero-order valence-electron chi connectivity index (χ0n) is 16.8. The molecular weight excluding hydrogens is 398 g/mol. The molecule has 0 saturated heterocycles. The Bertz CT molecular complexity index is 917. The van der Waals surface area contributed by atoms with E-state index in [-0.39, 0.29) is 6.42 Å². The van der Waals surface area contributed by atoms with Gasteiger partial charge < -0.3 is 14.3 Å². The molecule has 1 fully saturated rings. The number of hydrogen-bond donors (Lipinski definition) is 1. The fraction of sp³-hybridized carbons (Fsp3) is 0.500. The zero-order valence-corrected chi connectivity index (χ0v) is 17.6. The van der Waals surface area contributed by atoms with Crippen LogP contribution >= 0.6 is 11.6 Å². The molecule has 156 valence electrons. The van der Waals surface area contributed by atoms with E-state index in [0.717, 1.165) is 17.7 Å². The number of aromatic nitrogens is 2. The van der Waals surface area contributed by atoms with Gasteiger partial charge in [-0.05, 0) is 57.4 Å². The summed E-state index contributed by atoms with van der Waals surface area (Å²) < 4.78 is 11.1. The molecule has 1 aliphatic rings. The van der Waals surface area contributed by atoms with Crippen molar-refractivity contribution >= 4 is 23.7 Å². The number of halogens is 1. The lowest BCUT2D eigenvalue weighted by atomic mass is 9.99. The molecular formula is C20H24ClN3O5. The smallest absolute Gasteiger partial charge is 0.410 e. The minimum absolute atomic E-state index is 0.00209. The van der Waals surface area contributed by atoms with Gasteiger partial charge in [0.05, 0.1) is 0 Å². The molecule has 1 heterocycles. The van der Waals surface area contributed by atoms with E-state index in [1.807, 2.05) is 0 Å². The lowest BCUT2D eigenvalue weighted by Gasteiger charge is -2.28. The van der Waals surface area contributed by atoms with Gasteiger partial charge in [0.15, 0.2) is 0 Å². The van der Waals surface area contributed by atoms with Crippen LogP contribution in [0.5, 0.6) is 0 Å². The van der Waals surface area contributed by atoms with Gasteiger partial charge in [-0.3, -0.25) is 4.90 Å². The lowest BCUT2D eigenvalue weighted by Crippen LogP contribution is -2.46. The zero-order chi connectivity index (χ0) is 21.3. The molecule has 0 spiro atoms. The third-order valence-electron chi connectivity index (χ3n) is 4.51. The second-order valence-electron chi connectivity index (χ2n) is 8.17. The molecule has 8 nitrogen and oxygen atoms in total. The van der Waals surface area contributed by atoms with E-state index in [1.54, 1.807) is 39.0 Å². The molecule has 0 aliphatic heterocycles. The molecule has 29 heavy (non-hydrogen) atoms. The van der Waals surface area contributed by atoms with E-state index in [1.165, 1.54) is 7.05 Å². The molecule has 0 radical (unpaired) electrons. The van der Waals surface area contributed by atoms with Gasteiger partial charge in [0.25, 0.3) is 0 Å². The number of nitrogens with zero attached hydrogens (tertiary/aromatic N) is 3. The highest BCUT2D eigenvalue weighted by molar-refractivity contribution is 6.30. The van der Waals surface area contributed by atoms with Gasteiger partial charge in [-0.25, -0.2) is 9.59 Å². The number of amides is 1. The maximum absolute atomic E-state index is 12.4. The molecule has 2 aromatic rings. The van der Waals surface area contributed by atoms with Gasteiger partial charge in [0, 0.05) is 30.0 Å². The number of hydrogen-bond acceptors (Lipinski definition) is 6. The second-order valence-corrected chi connectivity index (χ2v) is 8.61. The highest BCUT2D eigenvalue weighted by atomic mass is 35.5. The first kappa shape index (κ1) is 21.1. The number of carboxylic acid groups (broad SMARTS) is 1. The van der Waals surface area contributed by atoms with Crippen molar-refractivity contribution in [1.29, 1.82) is 0 Å². The Kier molecular flexibility index (Phi) is 5.84. The molecule has 1 aromatic heterocycles. The molecule has 1 saturated carbocycles. The van der Waals surface area contributed by atoms with E-state index >= 15 is 0 Å². The fourth-order valence-electron chi connectivity index (χ4n) is 2.84. The number of carbonyl (C=O) groups is 2. The Morgan fingerprint density at radius 3 is 2.62 bits per heavy atom. The average molecular weight is 422 g/mol. The SMILES string of the molecule is CN(C(=O)OC(C)(C)C)[C@@H](Cc1cc(Cl)ccc1-c1nnc(C2CC2)o1)C(=O)O. The van der Waals surface area contributed by atoms with Crippen molar-refractivity contribution < 1.29 is 23.8 Å². The summed E-state index contributed by atoms with van der Waals surface area (Å²) in [5.41, 5.74) is 0.447. The molecule has 1 aromatic carbocycles. The molecule has 9 heteroatoms. The van der Waals surface area contributed by atoms with Crippen LogP contribution in [-0.4, -0.2) is 51.0 Å². The molecule has 1 N–H and O–H groups in total. The molecule has 1 amide bonds. The monoisotopic (exact) mass is 421 g/mol. The van der Waals surface area contributed by atoms with Crippen molar-refractivity contribution in [3.63, 3.8) is 0 Å².